The van der Waals surface area contributed by atoms with E-state index in [4.69, 9.17) is 0 Å². The molecule has 9 nitrogen and oxygen atoms in total. The topological polar surface area (TPSA) is 156 Å². The Labute approximate surface area is 304 Å². The molecule has 5 aliphatic rings. The fraction of sp³-hybridized carbons (Fsp3) is 0.786. The Morgan fingerprint density at radius 3 is 2.33 bits per heavy atom. The van der Waals surface area contributed by atoms with Crippen molar-refractivity contribution in [1.29, 1.82) is 0 Å². The highest BCUT2D eigenvalue weighted by Gasteiger charge is 2.65. The summed E-state index contributed by atoms with van der Waals surface area (Å²) in [6, 6.07) is 8.87. The molecule has 0 heterocycles. The SMILES string of the molecule is C[C@H](CCC(=O)NC(Cc1ccccc1)C(=O)NCC1(CC(=O)O)CCCCC1)C1CCC2C3C(C[C@H](O)C21C)C1(C)CC[C@@H](O)CC1C[C@H]3O. The molecule has 6 N–H and O–H groups in total. The second-order valence-electron chi connectivity index (χ2n) is 18.2. The number of hydrogen-bond donors (Lipinski definition) is 6. The molecule has 284 valence electrons. The van der Waals surface area contributed by atoms with Crippen LogP contribution in [0.2, 0.25) is 0 Å². The van der Waals surface area contributed by atoms with E-state index in [9.17, 15) is 34.8 Å². The Hall–Kier alpha value is -2.49. The Morgan fingerprint density at radius 2 is 1.63 bits per heavy atom. The number of carbonyl (C=O) groups excluding carboxylic acids is 2. The molecule has 0 aliphatic heterocycles. The first-order valence-electron chi connectivity index (χ1n) is 20.1. The van der Waals surface area contributed by atoms with Gasteiger partial charge in [0.1, 0.15) is 6.04 Å². The lowest BCUT2D eigenvalue weighted by Crippen LogP contribution is -2.62. The van der Waals surface area contributed by atoms with Crippen molar-refractivity contribution >= 4 is 17.8 Å². The Morgan fingerprint density at radius 1 is 0.902 bits per heavy atom. The first-order valence-corrected chi connectivity index (χ1v) is 20.1. The van der Waals surface area contributed by atoms with Gasteiger partial charge in [-0.3, -0.25) is 14.4 Å². The van der Waals surface area contributed by atoms with Gasteiger partial charge in [-0.25, -0.2) is 0 Å². The number of nitrogens with one attached hydrogen (secondary N) is 2. The van der Waals surface area contributed by atoms with Gasteiger partial charge >= 0.3 is 5.97 Å². The standard InChI is InChI=1S/C42H64N2O7/c1-26(30-13-14-31-38-32(23-35(47)41(30,31)3)40(2)19-16-29(45)21-28(40)22-34(38)46)12-15-36(48)44-33(20-27-10-6-4-7-11-27)39(51)43-25-42(24-37(49)50)17-8-5-9-18-42/h4,6-7,10-11,26,28-35,38,45-47H,5,8-9,12-25H2,1-3H3,(H,43,51)(H,44,48)(H,49,50)/t26-,28?,29-,30?,31?,32?,33?,34-,35+,38?,40?,41?/m1/s1. The number of carboxylic acid groups (broad SMARTS) is 1. The molecular weight excluding hydrogens is 644 g/mol. The van der Waals surface area contributed by atoms with Gasteiger partial charge in [-0.15, -0.1) is 0 Å². The van der Waals surface area contributed by atoms with Crippen molar-refractivity contribution in [1.82, 2.24) is 10.6 Å². The van der Waals surface area contributed by atoms with Crippen molar-refractivity contribution in [2.45, 2.75) is 148 Å². The zero-order valence-corrected chi connectivity index (χ0v) is 31.2. The van der Waals surface area contributed by atoms with E-state index in [1.54, 1.807) is 0 Å². The Kier molecular flexibility index (Phi) is 11.6. The van der Waals surface area contributed by atoms with E-state index in [2.05, 4.69) is 31.4 Å². The molecule has 8 unspecified atom stereocenters. The second-order valence-corrected chi connectivity index (χ2v) is 18.2. The lowest BCUT2D eigenvalue weighted by atomic mass is 9.43. The molecule has 12 atom stereocenters. The molecule has 51 heavy (non-hydrogen) atoms. The van der Waals surface area contributed by atoms with E-state index in [0.717, 1.165) is 76.2 Å². The largest absolute Gasteiger partial charge is 0.481 e. The predicted octanol–water partition coefficient (Wildman–Crippen LogP) is 5.63. The molecule has 5 saturated carbocycles. The third kappa shape index (κ3) is 7.77. The number of fused-ring (bicyclic) bond motifs is 5. The fourth-order valence-corrected chi connectivity index (χ4v) is 12.5. The molecule has 1 aromatic carbocycles. The van der Waals surface area contributed by atoms with Crippen molar-refractivity contribution in [3.63, 3.8) is 0 Å². The Balaban J connectivity index is 1.09. The molecule has 0 aromatic heterocycles. The number of amides is 2. The zero-order valence-electron chi connectivity index (χ0n) is 31.2. The van der Waals surface area contributed by atoms with Gasteiger partial charge in [0.2, 0.25) is 11.8 Å². The van der Waals surface area contributed by atoms with Crippen LogP contribution in [0.3, 0.4) is 0 Å². The molecule has 1 aromatic rings. The lowest BCUT2D eigenvalue weighted by molar-refractivity contribution is -0.207. The molecule has 6 rings (SSSR count). The summed E-state index contributed by atoms with van der Waals surface area (Å²) in [7, 11) is 0. The Bertz CT molecular complexity index is 1380. The first-order chi connectivity index (χ1) is 24.3. The van der Waals surface area contributed by atoms with Crippen molar-refractivity contribution < 1.29 is 34.8 Å². The monoisotopic (exact) mass is 708 g/mol. The van der Waals surface area contributed by atoms with Crippen molar-refractivity contribution in [2.75, 3.05) is 6.54 Å². The van der Waals surface area contributed by atoms with Crippen molar-refractivity contribution in [2.24, 2.45) is 51.8 Å². The molecular formula is C42H64N2O7. The summed E-state index contributed by atoms with van der Waals surface area (Å²) in [5.41, 5.74) is 0.175. The number of aliphatic hydroxyl groups excluding tert-OH is 3. The number of carbonyl (C=O) groups is 3. The average Bonchev–Trinajstić information content (AvgIpc) is 3.46. The summed E-state index contributed by atoms with van der Waals surface area (Å²) in [6.45, 7) is 7.08. The number of aliphatic hydroxyl groups is 3. The fourth-order valence-electron chi connectivity index (χ4n) is 12.5. The highest BCUT2D eigenvalue weighted by atomic mass is 16.4. The summed E-state index contributed by atoms with van der Waals surface area (Å²) >= 11 is 0. The van der Waals surface area contributed by atoms with E-state index < -0.39 is 29.6 Å². The number of carboxylic acids is 1. The van der Waals surface area contributed by atoms with E-state index >= 15 is 0 Å². The summed E-state index contributed by atoms with van der Waals surface area (Å²) in [4.78, 5) is 39.0. The van der Waals surface area contributed by atoms with Gasteiger partial charge in [0.15, 0.2) is 0 Å². The highest BCUT2D eigenvalue weighted by molar-refractivity contribution is 5.88. The van der Waals surface area contributed by atoms with Crippen molar-refractivity contribution in [3.8, 4) is 0 Å². The first kappa shape index (κ1) is 38.2. The number of rotatable bonds is 12. The van der Waals surface area contributed by atoms with Gasteiger partial charge in [0, 0.05) is 19.4 Å². The minimum atomic E-state index is -0.847. The van der Waals surface area contributed by atoms with Crippen LogP contribution < -0.4 is 10.6 Å². The molecule has 5 fully saturated rings. The number of benzene rings is 1. The number of aliphatic carboxylic acids is 1. The summed E-state index contributed by atoms with van der Waals surface area (Å²) in [5.74, 6) is -0.00480. The van der Waals surface area contributed by atoms with Crippen LogP contribution >= 0.6 is 0 Å². The second kappa shape index (κ2) is 15.5. The maximum Gasteiger partial charge on any atom is 0.303 e. The normalized spacial score (nSPS) is 38.3. The maximum absolute atomic E-state index is 13.7. The van der Waals surface area contributed by atoms with Crippen LogP contribution in [0, 0.1) is 51.8 Å². The smallest absolute Gasteiger partial charge is 0.303 e. The number of hydrogen-bond acceptors (Lipinski definition) is 6. The molecule has 5 aliphatic carbocycles. The van der Waals surface area contributed by atoms with Crippen LogP contribution in [0.25, 0.3) is 0 Å². The van der Waals surface area contributed by atoms with Gasteiger partial charge in [-0.2, -0.15) is 0 Å². The van der Waals surface area contributed by atoms with E-state index in [0.29, 0.717) is 25.8 Å². The molecule has 2 amide bonds. The summed E-state index contributed by atoms with van der Waals surface area (Å²) in [5, 5.41) is 49.7. The molecule has 0 spiro atoms. The molecule has 0 saturated heterocycles. The van der Waals surface area contributed by atoms with Gasteiger partial charge in [0.25, 0.3) is 0 Å². The third-order valence-electron chi connectivity index (χ3n) is 15.4. The van der Waals surface area contributed by atoms with Crippen LogP contribution in [0.4, 0.5) is 0 Å². The zero-order chi connectivity index (χ0) is 36.6. The van der Waals surface area contributed by atoms with Crippen LogP contribution in [-0.4, -0.2) is 69.1 Å². The van der Waals surface area contributed by atoms with Crippen molar-refractivity contribution in [3.05, 3.63) is 35.9 Å². The quantitative estimate of drug-likeness (QED) is 0.164. The van der Waals surface area contributed by atoms with E-state index in [1.807, 2.05) is 30.3 Å². The lowest BCUT2D eigenvalue weighted by Gasteiger charge is -2.63. The van der Waals surface area contributed by atoms with E-state index in [1.165, 1.54) is 0 Å². The maximum atomic E-state index is 13.7. The van der Waals surface area contributed by atoms with Crippen LogP contribution in [0.1, 0.15) is 123 Å². The molecule has 0 bridgehead atoms. The van der Waals surface area contributed by atoms with Gasteiger partial charge in [-0.1, -0.05) is 70.4 Å². The third-order valence-corrected chi connectivity index (χ3v) is 15.4. The van der Waals surface area contributed by atoms with Crippen LogP contribution in [0.5, 0.6) is 0 Å². The van der Waals surface area contributed by atoms with Gasteiger partial charge in [-0.05, 0) is 122 Å². The predicted molar refractivity (Wildman–Crippen MR) is 195 cm³/mol. The van der Waals surface area contributed by atoms with Crippen LogP contribution in [-0.2, 0) is 20.8 Å². The molecule has 9 heteroatoms. The average molecular weight is 709 g/mol. The van der Waals surface area contributed by atoms with E-state index in [-0.39, 0.29) is 77.1 Å². The van der Waals surface area contributed by atoms with Gasteiger partial charge < -0.3 is 31.1 Å². The summed E-state index contributed by atoms with van der Waals surface area (Å²) in [6.07, 6.45) is 10.5. The van der Waals surface area contributed by atoms with Gasteiger partial charge in [0.05, 0.1) is 24.7 Å². The minimum Gasteiger partial charge on any atom is -0.481 e. The highest BCUT2D eigenvalue weighted by Crippen LogP contribution is 2.68. The minimum absolute atomic E-state index is 0.0286. The van der Waals surface area contributed by atoms with Crippen LogP contribution in [0.15, 0.2) is 30.3 Å². The molecule has 0 radical (unpaired) electrons. The summed E-state index contributed by atoms with van der Waals surface area (Å²) < 4.78 is 0.